The molecule has 0 aliphatic carbocycles. The highest BCUT2D eigenvalue weighted by Gasteiger charge is 2.16. The average molecular weight is 283 g/mol. The second-order valence-corrected chi connectivity index (χ2v) is 6.05. The summed E-state index contributed by atoms with van der Waals surface area (Å²) in [7, 11) is 0. The fraction of sp³-hybridized carbons (Fsp3) is 0.368. The van der Waals surface area contributed by atoms with E-state index in [2.05, 4.69) is 49.5 Å². The Hall–Kier alpha value is -1.96. The van der Waals surface area contributed by atoms with Gasteiger partial charge in [-0.1, -0.05) is 50.2 Å². The topological polar surface area (TPSA) is 32.3 Å². The van der Waals surface area contributed by atoms with Crippen molar-refractivity contribution in [3.63, 3.8) is 0 Å². The van der Waals surface area contributed by atoms with E-state index in [0.717, 1.165) is 23.4 Å². The first kappa shape index (κ1) is 15.4. The molecule has 0 spiro atoms. The van der Waals surface area contributed by atoms with Gasteiger partial charge in [-0.15, -0.1) is 0 Å². The molecule has 0 heterocycles. The first-order valence-electron chi connectivity index (χ1n) is 7.58. The minimum Gasteiger partial charge on any atom is -0.507 e. The summed E-state index contributed by atoms with van der Waals surface area (Å²) in [5, 5.41) is 13.5. The molecule has 0 saturated heterocycles. The van der Waals surface area contributed by atoms with E-state index in [0.29, 0.717) is 17.6 Å². The van der Waals surface area contributed by atoms with Crippen LogP contribution in [-0.2, 0) is 0 Å². The highest BCUT2D eigenvalue weighted by atomic mass is 16.3. The number of benzene rings is 2. The first-order valence-corrected chi connectivity index (χ1v) is 7.58. The fourth-order valence-corrected chi connectivity index (χ4v) is 2.69. The van der Waals surface area contributed by atoms with Crippen LogP contribution in [-0.4, -0.2) is 11.7 Å². The smallest absolute Gasteiger partial charge is 0.123 e. The van der Waals surface area contributed by atoms with Gasteiger partial charge in [-0.05, 0) is 37.0 Å². The number of hydrogen-bond acceptors (Lipinski definition) is 2. The molecule has 2 aromatic rings. The standard InChI is InChI=1S/C19H25NO/c1-13(2)17(16-8-6-5-7-9-16)12-20-18-11-10-14(3)19(21)15(18)4/h5-11,13,17,20-21H,12H2,1-4H3. The molecule has 2 rings (SSSR count). The van der Waals surface area contributed by atoms with Crippen LogP contribution in [0.4, 0.5) is 5.69 Å². The summed E-state index contributed by atoms with van der Waals surface area (Å²) < 4.78 is 0. The van der Waals surface area contributed by atoms with Crippen LogP contribution in [0.15, 0.2) is 42.5 Å². The largest absolute Gasteiger partial charge is 0.507 e. The molecular weight excluding hydrogens is 258 g/mol. The average Bonchev–Trinajstić information content (AvgIpc) is 2.48. The fourth-order valence-electron chi connectivity index (χ4n) is 2.69. The number of phenolic OH excluding ortho intramolecular Hbond substituents is 1. The van der Waals surface area contributed by atoms with Gasteiger partial charge in [-0.25, -0.2) is 0 Å². The zero-order valence-corrected chi connectivity index (χ0v) is 13.4. The van der Waals surface area contributed by atoms with Crippen LogP contribution in [0.3, 0.4) is 0 Å². The van der Waals surface area contributed by atoms with Gasteiger partial charge in [0.1, 0.15) is 5.75 Å². The number of hydrogen-bond donors (Lipinski definition) is 2. The highest BCUT2D eigenvalue weighted by molar-refractivity contribution is 5.59. The maximum absolute atomic E-state index is 10.0. The lowest BCUT2D eigenvalue weighted by atomic mass is 9.88. The Bertz CT molecular complexity index is 590. The van der Waals surface area contributed by atoms with Crippen molar-refractivity contribution >= 4 is 5.69 Å². The van der Waals surface area contributed by atoms with Gasteiger partial charge < -0.3 is 10.4 Å². The molecule has 2 heteroatoms. The quantitative estimate of drug-likeness (QED) is 0.821. The summed E-state index contributed by atoms with van der Waals surface area (Å²) in [6.07, 6.45) is 0. The summed E-state index contributed by atoms with van der Waals surface area (Å²) >= 11 is 0. The Morgan fingerprint density at radius 2 is 1.67 bits per heavy atom. The number of rotatable bonds is 5. The number of aryl methyl sites for hydroxylation is 1. The molecule has 112 valence electrons. The lowest BCUT2D eigenvalue weighted by molar-refractivity contribution is 0.467. The van der Waals surface area contributed by atoms with Gasteiger partial charge in [0.15, 0.2) is 0 Å². The molecule has 0 aliphatic rings. The van der Waals surface area contributed by atoms with Crippen molar-refractivity contribution in [2.75, 3.05) is 11.9 Å². The van der Waals surface area contributed by atoms with Crippen LogP contribution >= 0.6 is 0 Å². The van der Waals surface area contributed by atoms with E-state index >= 15 is 0 Å². The zero-order valence-electron chi connectivity index (χ0n) is 13.4. The van der Waals surface area contributed by atoms with E-state index in [-0.39, 0.29) is 0 Å². The molecule has 1 atom stereocenters. The van der Waals surface area contributed by atoms with Gasteiger partial charge in [-0.3, -0.25) is 0 Å². The minimum atomic E-state index is 0.390. The van der Waals surface area contributed by atoms with Crippen LogP contribution < -0.4 is 5.32 Å². The van der Waals surface area contributed by atoms with E-state index in [4.69, 9.17) is 0 Å². The van der Waals surface area contributed by atoms with Crippen molar-refractivity contribution in [3.05, 3.63) is 59.2 Å². The van der Waals surface area contributed by atoms with Crippen molar-refractivity contribution in [2.24, 2.45) is 5.92 Å². The van der Waals surface area contributed by atoms with E-state index in [9.17, 15) is 5.11 Å². The Balaban J connectivity index is 2.15. The van der Waals surface area contributed by atoms with Crippen LogP contribution in [0.25, 0.3) is 0 Å². The van der Waals surface area contributed by atoms with Crippen LogP contribution in [0.2, 0.25) is 0 Å². The molecule has 1 unspecified atom stereocenters. The van der Waals surface area contributed by atoms with E-state index in [1.807, 2.05) is 26.0 Å². The van der Waals surface area contributed by atoms with Crippen molar-refractivity contribution in [3.8, 4) is 5.75 Å². The van der Waals surface area contributed by atoms with E-state index in [1.165, 1.54) is 5.56 Å². The minimum absolute atomic E-state index is 0.390. The SMILES string of the molecule is Cc1ccc(NCC(c2ccccc2)C(C)C)c(C)c1O. The normalized spacial score (nSPS) is 12.4. The second kappa shape index (κ2) is 6.66. The maximum Gasteiger partial charge on any atom is 0.123 e. The van der Waals surface area contributed by atoms with E-state index in [1.54, 1.807) is 0 Å². The number of nitrogens with one attached hydrogen (secondary N) is 1. The van der Waals surface area contributed by atoms with Crippen molar-refractivity contribution in [1.82, 2.24) is 0 Å². The summed E-state index contributed by atoms with van der Waals surface area (Å²) in [5.74, 6) is 1.40. The molecule has 0 fully saturated rings. The first-order chi connectivity index (χ1) is 10.0. The Morgan fingerprint density at radius 1 is 1.00 bits per heavy atom. The molecule has 2 N–H and O–H groups in total. The summed E-state index contributed by atoms with van der Waals surface area (Å²) in [5.41, 5.74) is 4.21. The summed E-state index contributed by atoms with van der Waals surface area (Å²) in [4.78, 5) is 0. The van der Waals surface area contributed by atoms with E-state index < -0.39 is 0 Å². The summed E-state index contributed by atoms with van der Waals surface area (Å²) in [6.45, 7) is 9.24. The molecular formula is C19H25NO. The Labute approximate surface area is 127 Å². The monoisotopic (exact) mass is 283 g/mol. The second-order valence-electron chi connectivity index (χ2n) is 6.05. The highest BCUT2D eigenvalue weighted by Crippen LogP contribution is 2.30. The zero-order chi connectivity index (χ0) is 15.4. The third-order valence-electron chi connectivity index (χ3n) is 4.18. The molecule has 2 aromatic carbocycles. The Morgan fingerprint density at radius 3 is 2.29 bits per heavy atom. The molecule has 0 saturated carbocycles. The Kier molecular flexibility index (Phi) is 4.89. The lowest BCUT2D eigenvalue weighted by Gasteiger charge is -2.23. The van der Waals surface area contributed by atoms with Gasteiger partial charge in [0.2, 0.25) is 0 Å². The summed E-state index contributed by atoms with van der Waals surface area (Å²) in [6, 6.07) is 14.6. The van der Waals surface area contributed by atoms with Gasteiger partial charge in [0.25, 0.3) is 0 Å². The molecule has 0 aliphatic heterocycles. The number of aromatic hydroxyl groups is 1. The molecule has 0 bridgehead atoms. The predicted octanol–water partition coefficient (Wildman–Crippen LogP) is 4.86. The number of anilines is 1. The van der Waals surface area contributed by atoms with Gasteiger partial charge in [0, 0.05) is 23.7 Å². The van der Waals surface area contributed by atoms with Crippen molar-refractivity contribution in [1.29, 1.82) is 0 Å². The lowest BCUT2D eigenvalue weighted by Crippen LogP contribution is -2.18. The van der Waals surface area contributed by atoms with Crippen LogP contribution in [0.1, 0.15) is 36.5 Å². The maximum atomic E-state index is 10.0. The van der Waals surface area contributed by atoms with Crippen LogP contribution in [0.5, 0.6) is 5.75 Å². The van der Waals surface area contributed by atoms with Crippen molar-refractivity contribution in [2.45, 2.75) is 33.6 Å². The number of phenols is 1. The predicted molar refractivity (Wildman–Crippen MR) is 90.1 cm³/mol. The third-order valence-corrected chi connectivity index (χ3v) is 4.18. The molecule has 2 nitrogen and oxygen atoms in total. The van der Waals surface area contributed by atoms with Gasteiger partial charge in [-0.2, -0.15) is 0 Å². The van der Waals surface area contributed by atoms with Gasteiger partial charge >= 0.3 is 0 Å². The third kappa shape index (κ3) is 3.57. The molecule has 0 aromatic heterocycles. The van der Waals surface area contributed by atoms with Crippen molar-refractivity contribution < 1.29 is 5.11 Å². The molecule has 0 radical (unpaired) electrons. The molecule has 21 heavy (non-hydrogen) atoms. The van der Waals surface area contributed by atoms with Crippen LogP contribution in [0, 0.1) is 19.8 Å². The molecule has 0 amide bonds. The van der Waals surface area contributed by atoms with Gasteiger partial charge in [0.05, 0.1) is 0 Å².